The van der Waals surface area contributed by atoms with Crippen LogP contribution in [0.1, 0.15) is 108 Å². The maximum absolute atomic E-state index is 11.4. The van der Waals surface area contributed by atoms with Gasteiger partial charge < -0.3 is 38.6 Å². The molecule has 0 radical (unpaired) electrons. The van der Waals surface area contributed by atoms with Gasteiger partial charge in [-0.3, -0.25) is 19.2 Å². The Morgan fingerprint density at radius 3 is 1.57 bits per heavy atom. The standard InChI is InChI=1S/C12H20O5.C11H18O4.C9H15NO3.C8H13NO2/c1-5-9(4)12(15)17-7-10(13)6-16-11(14)8(2)3;1-5-9(12)14-7-8-15-10(13)11(3,4)6-2;1-3-9(2,7-11)8(12)13-6-4-5-10;1-3-7(2)8(10)11-6-4-5-9/h9-10,13H,2,5-7H2,1,3-4H3;5H,1,6-8H2,2-4H3;11H,3-4,6-7H2,1-2H3;7H,3-4,6H2,1-2H3. The fraction of sp³-hybridized carbons (Fsp3) is 0.700. The van der Waals surface area contributed by atoms with Gasteiger partial charge in [-0.1, -0.05) is 54.7 Å². The van der Waals surface area contributed by atoms with E-state index in [9.17, 15) is 33.9 Å². The molecular formula is C40H66N2O14. The highest BCUT2D eigenvalue weighted by Gasteiger charge is 2.32. The molecule has 16 heteroatoms. The van der Waals surface area contributed by atoms with Gasteiger partial charge in [0.15, 0.2) is 0 Å². The monoisotopic (exact) mass is 798 g/mol. The molecule has 0 amide bonds. The maximum atomic E-state index is 11.4. The van der Waals surface area contributed by atoms with Crippen LogP contribution in [0.3, 0.4) is 0 Å². The van der Waals surface area contributed by atoms with Crippen LogP contribution in [-0.4, -0.2) is 98.4 Å². The zero-order chi connectivity index (χ0) is 44.3. The summed E-state index contributed by atoms with van der Waals surface area (Å²) < 4.78 is 28.7. The van der Waals surface area contributed by atoms with Crippen LogP contribution < -0.4 is 0 Å². The molecule has 0 aliphatic rings. The number of esters is 6. The molecule has 56 heavy (non-hydrogen) atoms. The highest BCUT2D eigenvalue weighted by Crippen LogP contribution is 2.22. The van der Waals surface area contributed by atoms with Crippen molar-refractivity contribution in [3.63, 3.8) is 0 Å². The van der Waals surface area contributed by atoms with Crippen LogP contribution in [0.2, 0.25) is 0 Å². The van der Waals surface area contributed by atoms with Crippen molar-refractivity contribution >= 4 is 35.8 Å². The molecule has 320 valence electrons. The SMILES string of the molecule is C=C(C)C(=O)OCC(O)COC(=O)C(C)CC.C=CC(=O)OCCOC(=O)C(C)(C)CC.CCC(C)(CO)C(=O)OCCC#N.CCC(C)C(=O)OCCC#N. The summed E-state index contributed by atoms with van der Waals surface area (Å²) in [5.41, 5.74) is -1.05. The Morgan fingerprint density at radius 1 is 0.714 bits per heavy atom. The van der Waals surface area contributed by atoms with E-state index >= 15 is 0 Å². The van der Waals surface area contributed by atoms with E-state index < -0.39 is 34.8 Å². The first kappa shape index (κ1) is 57.9. The van der Waals surface area contributed by atoms with Gasteiger partial charge in [-0.05, 0) is 53.4 Å². The summed E-state index contributed by atoms with van der Waals surface area (Å²) in [5, 5.41) is 34.7. The Morgan fingerprint density at radius 2 is 1.16 bits per heavy atom. The summed E-state index contributed by atoms with van der Waals surface area (Å²) in [4.78, 5) is 66.6. The molecule has 0 bridgehead atoms. The van der Waals surface area contributed by atoms with Gasteiger partial charge in [-0.15, -0.1) is 0 Å². The van der Waals surface area contributed by atoms with Gasteiger partial charge in [0.25, 0.3) is 0 Å². The quantitative estimate of drug-likeness (QED) is 0.0626. The van der Waals surface area contributed by atoms with E-state index in [1.54, 1.807) is 13.8 Å². The van der Waals surface area contributed by atoms with Crippen molar-refractivity contribution in [3.8, 4) is 12.1 Å². The lowest BCUT2D eigenvalue weighted by atomic mass is 9.89. The first-order valence-corrected chi connectivity index (χ1v) is 18.5. The maximum Gasteiger partial charge on any atom is 0.333 e. The average Bonchev–Trinajstić information content (AvgIpc) is 3.19. The highest BCUT2D eigenvalue weighted by molar-refractivity contribution is 5.87. The van der Waals surface area contributed by atoms with E-state index in [0.29, 0.717) is 19.3 Å². The van der Waals surface area contributed by atoms with Crippen LogP contribution >= 0.6 is 0 Å². The molecular weight excluding hydrogens is 732 g/mol. The topological polar surface area (TPSA) is 246 Å². The van der Waals surface area contributed by atoms with Crippen molar-refractivity contribution in [1.82, 2.24) is 0 Å². The van der Waals surface area contributed by atoms with E-state index in [4.69, 9.17) is 39.3 Å². The number of ether oxygens (including phenoxy) is 6. The van der Waals surface area contributed by atoms with Gasteiger partial charge in [-0.25, -0.2) is 9.59 Å². The zero-order valence-electron chi connectivity index (χ0n) is 35.1. The fourth-order valence-electron chi connectivity index (χ4n) is 2.70. The van der Waals surface area contributed by atoms with Crippen molar-refractivity contribution in [2.24, 2.45) is 22.7 Å². The van der Waals surface area contributed by atoms with Crippen LogP contribution in [0, 0.1) is 45.3 Å². The molecule has 0 aromatic heterocycles. The molecule has 2 N–H and O–H groups in total. The molecule has 0 aromatic carbocycles. The summed E-state index contributed by atoms with van der Waals surface area (Å²) in [6.45, 7) is 24.4. The van der Waals surface area contributed by atoms with Gasteiger partial charge in [0.05, 0.1) is 54.3 Å². The normalized spacial score (nSPS) is 12.6. The predicted molar refractivity (Wildman–Crippen MR) is 206 cm³/mol. The summed E-state index contributed by atoms with van der Waals surface area (Å²) in [5.74, 6) is -2.61. The number of nitriles is 2. The molecule has 0 saturated heterocycles. The zero-order valence-corrected chi connectivity index (χ0v) is 35.1. The van der Waals surface area contributed by atoms with Crippen LogP contribution in [-0.2, 0) is 57.2 Å². The molecule has 0 aliphatic heterocycles. The van der Waals surface area contributed by atoms with Gasteiger partial charge in [-0.2, -0.15) is 10.5 Å². The van der Waals surface area contributed by atoms with E-state index in [1.807, 2.05) is 60.6 Å². The molecule has 0 aromatic rings. The summed E-state index contributed by atoms with van der Waals surface area (Å²) in [7, 11) is 0. The molecule has 0 heterocycles. The minimum atomic E-state index is -1.01. The van der Waals surface area contributed by atoms with E-state index in [2.05, 4.69) is 17.9 Å². The first-order valence-electron chi connectivity index (χ1n) is 18.5. The predicted octanol–water partition coefficient (Wildman–Crippen LogP) is 5.09. The Labute approximate surface area is 333 Å². The van der Waals surface area contributed by atoms with Gasteiger partial charge in [0, 0.05) is 11.6 Å². The second-order valence-electron chi connectivity index (χ2n) is 13.2. The lowest BCUT2D eigenvalue weighted by Crippen LogP contribution is -2.33. The van der Waals surface area contributed by atoms with Crippen molar-refractivity contribution in [1.29, 1.82) is 10.5 Å². The molecule has 0 spiro atoms. The summed E-state index contributed by atoms with van der Waals surface area (Å²) in [6.07, 6.45) is 3.22. The third-order valence-electron chi connectivity index (χ3n) is 7.89. The van der Waals surface area contributed by atoms with E-state index in [-0.39, 0.29) is 94.4 Å². The Hall–Kier alpha value is -4.80. The van der Waals surface area contributed by atoms with Crippen molar-refractivity contribution in [2.45, 2.75) is 114 Å². The van der Waals surface area contributed by atoms with Crippen LogP contribution in [0.25, 0.3) is 0 Å². The van der Waals surface area contributed by atoms with Crippen LogP contribution in [0.4, 0.5) is 0 Å². The molecule has 0 aliphatic carbocycles. The Balaban J connectivity index is -0.000000326. The summed E-state index contributed by atoms with van der Waals surface area (Å²) in [6, 6.07) is 3.77. The van der Waals surface area contributed by atoms with Crippen molar-refractivity contribution in [2.75, 3.05) is 46.2 Å². The molecule has 4 unspecified atom stereocenters. The van der Waals surface area contributed by atoms with Gasteiger partial charge >= 0.3 is 35.8 Å². The minimum absolute atomic E-state index is 0.0475. The molecule has 0 fully saturated rings. The Bertz CT molecular complexity index is 1280. The minimum Gasteiger partial charge on any atom is -0.464 e. The lowest BCUT2D eigenvalue weighted by Gasteiger charge is -2.22. The number of carbonyl (C=O) groups excluding carboxylic acids is 6. The lowest BCUT2D eigenvalue weighted by molar-refractivity contribution is -0.158. The number of nitrogens with zero attached hydrogens (tertiary/aromatic N) is 2. The van der Waals surface area contributed by atoms with E-state index in [0.717, 1.165) is 12.5 Å². The number of carbonyl (C=O) groups is 6. The smallest absolute Gasteiger partial charge is 0.333 e. The molecule has 0 rings (SSSR count). The largest absolute Gasteiger partial charge is 0.464 e. The number of hydrogen-bond acceptors (Lipinski definition) is 16. The van der Waals surface area contributed by atoms with Crippen molar-refractivity contribution in [3.05, 3.63) is 24.8 Å². The third-order valence-corrected chi connectivity index (χ3v) is 7.89. The fourth-order valence-corrected chi connectivity index (χ4v) is 2.70. The highest BCUT2D eigenvalue weighted by atomic mass is 16.6. The second-order valence-corrected chi connectivity index (χ2v) is 13.2. The third kappa shape index (κ3) is 30.5. The summed E-state index contributed by atoms with van der Waals surface area (Å²) >= 11 is 0. The molecule has 4 atom stereocenters. The second kappa shape index (κ2) is 34.7. The van der Waals surface area contributed by atoms with Gasteiger partial charge in [0.1, 0.15) is 45.7 Å². The average molecular weight is 799 g/mol. The van der Waals surface area contributed by atoms with Crippen molar-refractivity contribution < 1.29 is 67.4 Å². The molecule has 0 saturated carbocycles. The number of hydrogen-bond donors (Lipinski definition) is 2. The van der Waals surface area contributed by atoms with Gasteiger partial charge in [0.2, 0.25) is 0 Å². The van der Waals surface area contributed by atoms with E-state index in [1.165, 1.54) is 6.92 Å². The molecule has 16 nitrogen and oxygen atoms in total. The van der Waals surface area contributed by atoms with Crippen LogP contribution in [0.5, 0.6) is 0 Å². The number of aliphatic hydroxyl groups excluding tert-OH is 2. The Kier molecular flexibility index (Phi) is 35.9. The number of aliphatic hydroxyl groups is 2. The van der Waals surface area contributed by atoms with Crippen LogP contribution in [0.15, 0.2) is 24.8 Å². The number of rotatable bonds is 22. The first-order chi connectivity index (χ1) is 26.1.